The molecule has 5 heteroatoms. The minimum Gasteiger partial charge on any atom is -0.478 e. The lowest BCUT2D eigenvalue weighted by Gasteiger charge is -2.20. The van der Waals surface area contributed by atoms with Gasteiger partial charge in [-0.1, -0.05) is 28.1 Å². The Kier molecular flexibility index (Phi) is 4.29. The summed E-state index contributed by atoms with van der Waals surface area (Å²) in [5.74, 6) is -1.01. The SMILES string of the molecule is CN(Cc1cccc(Br)c1)c1ccc(N)c(C(=O)O)c1. The van der Waals surface area contributed by atoms with Gasteiger partial charge in [0.25, 0.3) is 0 Å². The van der Waals surface area contributed by atoms with E-state index < -0.39 is 5.97 Å². The fraction of sp³-hybridized carbons (Fsp3) is 0.133. The van der Waals surface area contributed by atoms with E-state index in [2.05, 4.69) is 15.9 Å². The molecule has 0 atom stereocenters. The van der Waals surface area contributed by atoms with E-state index in [9.17, 15) is 4.79 Å². The summed E-state index contributed by atoms with van der Waals surface area (Å²) in [5, 5.41) is 9.09. The van der Waals surface area contributed by atoms with Crippen molar-refractivity contribution in [1.29, 1.82) is 0 Å². The fourth-order valence-electron chi connectivity index (χ4n) is 1.97. The van der Waals surface area contributed by atoms with Crippen LogP contribution in [0, 0.1) is 0 Å². The zero-order valence-corrected chi connectivity index (χ0v) is 12.6. The number of carboxylic acids is 1. The summed E-state index contributed by atoms with van der Waals surface area (Å²) in [4.78, 5) is 13.1. The van der Waals surface area contributed by atoms with E-state index in [1.807, 2.05) is 42.3 Å². The van der Waals surface area contributed by atoms with Crippen LogP contribution in [0.1, 0.15) is 15.9 Å². The second-order valence-electron chi connectivity index (χ2n) is 4.56. The van der Waals surface area contributed by atoms with Crippen molar-refractivity contribution in [3.8, 4) is 0 Å². The van der Waals surface area contributed by atoms with E-state index >= 15 is 0 Å². The van der Waals surface area contributed by atoms with Crippen LogP contribution in [0.25, 0.3) is 0 Å². The van der Waals surface area contributed by atoms with Gasteiger partial charge in [-0.2, -0.15) is 0 Å². The average molecular weight is 335 g/mol. The first kappa shape index (κ1) is 14.4. The van der Waals surface area contributed by atoms with Crippen molar-refractivity contribution in [3.63, 3.8) is 0 Å². The van der Waals surface area contributed by atoms with Crippen LogP contribution >= 0.6 is 15.9 Å². The van der Waals surface area contributed by atoms with Gasteiger partial charge in [0.15, 0.2) is 0 Å². The van der Waals surface area contributed by atoms with E-state index in [1.165, 1.54) is 0 Å². The maximum absolute atomic E-state index is 11.1. The Bertz CT molecular complexity index is 644. The number of carbonyl (C=O) groups is 1. The normalized spacial score (nSPS) is 10.3. The van der Waals surface area contributed by atoms with Gasteiger partial charge in [-0.25, -0.2) is 4.79 Å². The van der Waals surface area contributed by atoms with E-state index in [-0.39, 0.29) is 11.3 Å². The van der Waals surface area contributed by atoms with Gasteiger partial charge in [0.1, 0.15) is 0 Å². The maximum Gasteiger partial charge on any atom is 0.337 e. The van der Waals surface area contributed by atoms with Crippen LogP contribution in [0.3, 0.4) is 0 Å². The van der Waals surface area contributed by atoms with Crippen LogP contribution in [0.5, 0.6) is 0 Å². The maximum atomic E-state index is 11.1. The molecule has 0 heterocycles. The van der Waals surface area contributed by atoms with Crippen LogP contribution < -0.4 is 10.6 Å². The lowest BCUT2D eigenvalue weighted by molar-refractivity contribution is 0.0698. The van der Waals surface area contributed by atoms with Gasteiger partial charge in [0.2, 0.25) is 0 Å². The van der Waals surface area contributed by atoms with Gasteiger partial charge in [0.05, 0.1) is 5.56 Å². The molecule has 0 unspecified atom stereocenters. The zero-order valence-electron chi connectivity index (χ0n) is 11.0. The highest BCUT2D eigenvalue weighted by Crippen LogP contribution is 2.22. The van der Waals surface area contributed by atoms with Crippen molar-refractivity contribution >= 4 is 33.3 Å². The van der Waals surface area contributed by atoms with Gasteiger partial charge < -0.3 is 15.7 Å². The molecular formula is C15H15BrN2O2. The Hall–Kier alpha value is -2.01. The summed E-state index contributed by atoms with van der Waals surface area (Å²) in [6.07, 6.45) is 0. The first-order chi connectivity index (χ1) is 9.47. The Balaban J connectivity index is 2.23. The average Bonchev–Trinajstić information content (AvgIpc) is 2.38. The number of nitrogens with zero attached hydrogens (tertiary/aromatic N) is 1. The van der Waals surface area contributed by atoms with Gasteiger partial charge >= 0.3 is 5.97 Å². The smallest absolute Gasteiger partial charge is 0.337 e. The number of rotatable bonds is 4. The molecule has 2 aromatic rings. The Morgan fingerprint density at radius 1 is 1.30 bits per heavy atom. The molecule has 0 amide bonds. The zero-order chi connectivity index (χ0) is 14.7. The number of anilines is 2. The molecule has 0 bridgehead atoms. The number of nitrogens with two attached hydrogens (primary N) is 1. The predicted molar refractivity (Wildman–Crippen MR) is 84.1 cm³/mol. The Labute approximate surface area is 126 Å². The number of benzene rings is 2. The molecule has 4 nitrogen and oxygen atoms in total. The molecule has 3 N–H and O–H groups in total. The summed E-state index contributed by atoms with van der Waals surface area (Å²) < 4.78 is 1.02. The van der Waals surface area contributed by atoms with Gasteiger partial charge in [-0.15, -0.1) is 0 Å². The number of aromatic carboxylic acids is 1. The highest BCUT2D eigenvalue weighted by Gasteiger charge is 2.11. The molecule has 20 heavy (non-hydrogen) atoms. The number of nitrogen functional groups attached to an aromatic ring is 1. The van der Waals surface area contributed by atoms with E-state index in [0.29, 0.717) is 6.54 Å². The van der Waals surface area contributed by atoms with Crippen molar-refractivity contribution in [3.05, 3.63) is 58.1 Å². The molecule has 0 aliphatic carbocycles. The molecule has 0 spiro atoms. The first-order valence-electron chi connectivity index (χ1n) is 6.06. The van der Waals surface area contributed by atoms with Crippen molar-refractivity contribution < 1.29 is 9.90 Å². The minimum absolute atomic E-state index is 0.128. The second kappa shape index (κ2) is 5.96. The van der Waals surface area contributed by atoms with Crippen molar-refractivity contribution in [2.75, 3.05) is 17.7 Å². The molecule has 0 aromatic heterocycles. The molecule has 0 saturated carbocycles. The fourth-order valence-corrected chi connectivity index (χ4v) is 2.41. The van der Waals surface area contributed by atoms with Crippen LogP contribution in [0.4, 0.5) is 11.4 Å². The summed E-state index contributed by atoms with van der Waals surface area (Å²) >= 11 is 3.44. The molecule has 0 aliphatic rings. The third-order valence-electron chi connectivity index (χ3n) is 3.02. The van der Waals surface area contributed by atoms with Crippen LogP contribution in [0.2, 0.25) is 0 Å². The van der Waals surface area contributed by atoms with Crippen molar-refractivity contribution in [1.82, 2.24) is 0 Å². The Morgan fingerprint density at radius 2 is 2.05 bits per heavy atom. The lowest BCUT2D eigenvalue weighted by Crippen LogP contribution is -2.17. The molecule has 0 radical (unpaired) electrons. The van der Waals surface area contributed by atoms with Crippen LogP contribution in [0.15, 0.2) is 46.9 Å². The summed E-state index contributed by atoms with van der Waals surface area (Å²) in [7, 11) is 1.91. The molecular weight excluding hydrogens is 320 g/mol. The first-order valence-corrected chi connectivity index (χ1v) is 6.85. The van der Waals surface area contributed by atoms with Gasteiger partial charge in [-0.05, 0) is 35.9 Å². The molecule has 104 valence electrons. The standard InChI is InChI=1S/C15H15BrN2O2/c1-18(9-10-3-2-4-11(16)7-10)12-5-6-14(17)13(8-12)15(19)20/h2-8H,9,17H2,1H3,(H,19,20). The summed E-state index contributed by atoms with van der Waals surface area (Å²) in [5.41, 5.74) is 8.01. The monoisotopic (exact) mass is 334 g/mol. The Morgan fingerprint density at radius 3 is 2.70 bits per heavy atom. The summed E-state index contributed by atoms with van der Waals surface area (Å²) in [6.45, 7) is 0.683. The third-order valence-corrected chi connectivity index (χ3v) is 3.51. The molecule has 0 fully saturated rings. The number of hydrogen-bond donors (Lipinski definition) is 2. The highest BCUT2D eigenvalue weighted by atomic mass is 79.9. The molecule has 0 saturated heterocycles. The summed E-state index contributed by atoms with van der Waals surface area (Å²) in [6, 6.07) is 13.0. The largest absolute Gasteiger partial charge is 0.478 e. The molecule has 0 aliphatic heterocycles. The minimum atomic E-state index is -1.01. The van der Waals surface area contributed by atoms with Crippen molar-refractivity contribution in [2.24, 2.45) is 0 Å². The highest BCUT2D eigenvalue weighted by molar-refractivity contribution is 9.10. The van der Waals surface area contributed by atoms with Gasteiger partial charge in [0, 0.05) is 29.4 Å². The number of hydrogen-bond acceptors (Lipinski definition) is 3. The van der Waals surface area contributed by atoms with E-state index in [0.717, 1.165) is 15.7 Å². The van der Waals surface area contributed by atoms with Crippen LogP contribution in [-0.2, 0) is 6.54 Å². The van der Waals surface area contributed by atoms with Gasteiger partial charge in [-0.3, -0.25) is 0 Å². The topological polar surface area (TPSA) is 66.6 Å². The second-order valence-corrected chi connectivity index (χ2v) is 5.48. The van der Waals surface area contributed by atoms with Crippen molar-refractivity contribution in [2.45, 2.75) is 6.54 Å². The van der Waals surface area contributed by atoms with E-state index in [1.54, 1.807) is 12.1 Å². The number of halogens is 1. The lowest BCUT2D eigenvalue weighted by atomic mass is 10.1. The predicted octanol–water partition coefficient (Wildman–Crippen LogP) is 3.37. The van der Waals surface area contributed by atoms with Crippen LogP contribution in [-0.4, -0.2) is 18.1 Å². The molecule has 2 aromatic carbocycles. The number of carboxylic acid groups (broad SMARTS) is 1. The third kappa shape index (κ3) is 3.30. The molecule has 2 rings (SSSR count). The quantitative estimate of drug-likeness (QED) is 0.841. The van der Waals surface area contributed by atoms with E-state index in [4.69, 9.17) is 10.8 Å².